The first kappa shape index (κ1) is 9.94. The Labute approximate surface area is 66.1 Å². The van der Waals surface area contributed by atoms with Crippen molar-refractivity contribution in [3.05, 3.63) is 0 Å². The van der Waals surface area contributed by atoms with E-state index >= 15 is 0 Å². The fourth-order valence-corrected chi connectivity index (χ4v) is 0.641. The van der Waals surface area contributed by atoms with Gasteiger partial charge in [0.25, 0.3) is 0 Å². The smallest absolute Gasteiger partial charge is 0.219 e. The third-order valence-electron chi connectivity index (χ3n) is 1.17. The summed E-state index contributed by atoms with van der Waals surface area (Å²) in [6.07, 6.45) is 1.55. The van der Waals surface area contributed by atoms with E-state index in [4.69, 9.17) is 5.73 Å². The molecule has 0 spiro atoms. The minimum Gasteiger partial charge on any atom is -0.370 e. The van der Waals surface area contributed by atoms with E-state index in [0.29, 0.717) is 13.0 Å². The van der Waals surface area contributed by atoms with Gasteiger partial charge in [-0.2, -0.15) is 0 Å². The molecule has 0 aliphatic heterocycles. The molecule has 0 unspecified atom stereocenters. The molecule has 2 amide bonds. The zero-order valence-corrected chi connectivity index (χ0v) is 6.72. The summed E-state index contributed by atoms with van der Waals surface area (Å²) in [5.74, 6) is -0.407. The van der Waals surface area contributed by atoms with Crippen molar-refractivity contribution in [1.82, 2.24) is 5.32 Å². The third kappa shape index (κ3) is 6.83. The van der Waals surface area contributed by atoms with Gasteiger partial charge in [-0.05, 0) is 6.42 Å². The van der Waals surface area contributed by atoms with E-state index in [1.165, 1.54) is 0 Å². The number of primary amides is 1. The summed E-state index contributed by atoms with van der Waals surface area (Å²) in [6, 6.07) is 0. The molecule has 11 heavy (non-hydrogen) atoms. The lowest BCUT2D eigenvalue weighted by Gasteiger charge is -2.00. The van der Waals surface area contributed by atoms with Crippen LogP contribution in [0, 0.1) is 0 Å². The molecular formula is C7H14N2O2. The van der Waals surface area contributed by atoms with Gasteiger partial charge in [0.15, 0.2) is 0 Å². The summed E-state index contributed by atoms with van der Waals surface area (Å²) in [7, 11) is 0. The molecule has 0 aromatic rings. The Morgan fingerprint density at radius 1 is 1.36 bits per heavy atom. The molecule has 0 aromatic carbocycles. The maximum atomic E-state index is 10.8. The van der Waals surface area contributed by atoms with Crippen LogP contribution in [-0.2, 0) is 9.59 Å². The highest BCUT2D eigenvalue weighted by Crippen LogP contribution is 1.85. The van der Waals surface area contributed by atoms with Gasteiger partial charge in [0.05, 0.1) is 0 Å². The zero-order chi connectivity index (χ0) is 8.69. The molecule has 0 heterocycles. The van der Waals surface area contributed by atoms with E-state index in [2.05, 4.69) is 5.32 Å². The van der Waals surface area contributed by atoms with Gasteiger partial charge < -0.3 is 11.1 Å². The first-order valence-corrected chi connectivity index (χ1v) is 3.71. The summed E-state index contributed by atoms with van der Waals surface area (Å²) in [4.78, 5) is 21.0. The SMILES string of the molecule is CCCC(=O)NCCC(N)=O. The van der Waals surface area contributed by atoms with Crippen LogP contribution in [0.25, 0.3) is 0 Å². The molecule has 0 fully saturated rings. The van der Waals surface area contributed by atoms with E-state index in [9.17, 15) is 9.59 Å². The molecule has 3 N–H and O–H groups in total. The predicted molar refractivity (Wildman–Crippen MR) is 41.7 cm³/mol. The lowest BCUT2D eigenvalue weighted by molar-refractivity contribution is -0.121. The van der Waals surface area contributed by atoms with Gasteiger partial charge in [-0.15, -0.1) is 0 Å². The number of amides is 2. The Bertz CT molecular complexity index is 145. The quantitative estimate of drug-likeness (QED) is 0.580. The second-order valence-electron chi connectivity index (χ2n) is 2.32. The summed E-state index contributed by atoms with van der Waals surface area (Å²) in [5, 5.41) is 2.58. The molecule has 4 nitrogen and oxygen atoms in total. The average molecular weight is 158 g/mol. The first-order chi connectivity index (χ1) is 5.16. The predicted octanol–water partition coefficient (Wildman–Crippen LogP) is -0.222. The Kier molecular flexibility index (Phi) is 5.15. The molecule has 0 aliphatic carbocycles. The summed E-state index contributed by atoms with van der Waals surface area (Å²) in [5.41, 5.74) is 4.86. The molecule has 4 heteroatoms. The molecule has 64 valence electrons. The Balaban J connectivity index is 3.24. The zero-order valence-electron chi connectivity index (χ0n) is 6.72. The molecule has 0 radical (unpaired) electrons. The second-order valence-corrected chi connectivity index (χ2v) is 2.32. The lowest BCUT2D eigenvalue weighted by atomic mass is 10.3. The van der Waals surface area contributed by atoms with Crippen molar-refractivity contribution in [2.45, 2.75) is 26.2 Å². The topological polar surface area (TPSA) is 72.2 Å². The highest BCUT2D eigenvalue weighted by Gasteiger charge is 1.98. The number of nitrogens with two attached hydrogens (primary N) is 1. The van der Waals surface area contributed by atoms with Crippen LogP contribution in [0.2, 0.25) is 0 Å². The minimum atomic E-state index is -0.387. The number of carbonyl (C=O) groups is 2. The maximum Gasteiger partial charge on any atom is 0.219 e. The van der Waals surface area contributed by atoms with Gasteiger partial charge in [-0.1, -0.05) is 6.92 Å². The fourth-order valence-electron chi connectivity index (χ4n) is 0.641. The van der Waals surface area contributed by atoms with E-state index in [0.717, 1.165) is 6.42 Å². The van der Waals surface area contributed by atoms with Crippen LogP contribution >= 0.6 is 0 Å². The van der Waals surface area contributed by atoms with E-state index in [-0.39, 0.29) is 18.2 Å². The summed E-state index contributed by atoms with van der Waals surface area (Å²) < 4.78 is 0. The molecule has 0 aromatic heterocycles. The molecule has 0 atom stereocenters. The number of rotatable bonds is 5. The number of hydrogen-bond acceptors (Lipinski definition) is 2. The standard InChI is InChI=1S/C7H14N2O2/c1-2-3-7(11)9-5-4-6(8)10/h2-5H2,1H3,(H2,8,10)(H,9,11). The monoisotopic (exact) mass is 158 g/mol. The van der Waals surface area contributed by atoms with Gasteiger partial charge in [0.1, 0.15) is 0 Å². The lowest BCUT2D eigenvalue weighted by Crippen LogP contribution is -2.27. The fraction of sp³-hybridized carbons (Fsp3) is 0.714. The molecule has 0 rings (SSSR count). The van der Waals surface area contributed by atoms with Crippen LogP contribution in [0.1, 0.15) is 26.2 Å². The van der Waals surface area contributed by atoms with Crippen molar-refractivity contribution in [3.63, 3.8) is 0 Å². The third-order valence-corrected chi connectivity index (χ3v) is 1.17. The summed E-state index contributed by atoms with van der Waals surface area (Å²) >= 11 is 0. The molecule has 0 saturated carbocycles. The van der Waals surface area contributed by atoms with Gasteiger partial charge in [0, 0.05) is 19.4 Å². The van der Waals surface area contributed by atoms with Gasteiger partial charge in [-0.3, -0.25) is 9.59 Å². The molecule has 0 aliphatic rings. The number of carbonyl (C=O) groups excluding carboxylic acids is 2. The summed E-state index contributed by atoms with van der Waals surface area (Å²) in [6.45, 7) is 2.28. The van der Waals surface area contributed by atoms with Gasteiger partial charge in [0.2, 0.25) is 11.8 Å². The van der Waals surface area contributed by atoms with Crippen molar-refractivity contribution in [2.24, 2.45) is 5.73 Å². The molecule has 0 saturated heterocycles. The maximum absolute atomic E-state index is 10.8. The van der Waals surface area contributed by atoms with Crippen LogP contribution in [0.3, 0.4) is 0 Å². The largest absolute Gasteiger partial charge is 0.370 e. The van der Waals surface area contributed by atoms with Crippen LogP contribution in [0.5, 0.6) is 0 Å². The van der Waals surface area contributed by atoms with Crippen molar-refractivity contribution < 1.29 is 9.59 Å². The normalized spacial score (nSPS) is 9.18. The van der Waals surface area contributed by atoms with Crippen molar-refractivity contribution in [1.29, 1.82) is 0 Å². The Morgan fingerprint density at radius 2 is 2.00 bits per heavy atom. The Hall–Kier alpha value is -1.06. The van der Waals surface area contributed by atoms with Crippen LogP contribution in [0.15, 0.2) is 0 Å². The van der Waals surface area contributed by atoms with Crippen LogP contribution < -0.4 is 11.1 Å². The van der Waals surface area contributed by atoms with Gasteiger partial charge >= 0.3 is 0 Å². The van der Waals surface area contributed by atoms with Gasteiger partial charge in [-0.25, -0.2) is 0 Å². The van der Waals surface area contributed by atoms with E-state index in [1.807, 2.05) is 6.92 Å². The molecule has 0 bridgehead atoms. The second kappa shape index (κ2) is 5.70. The van der Waals surface area contributed by atoms with Crippen molar-refractivity contribution >= 4 is 11.8 Å². The number of nitrogens with one attached hydrogen (secondary N) is 1. The van der Waals surface area contributed by atoms with Crippen molar-refractivity contribution in [2.75, 3.05) is 6.54 Å². The first-order valence-electron chi connectivity index (χ1n) is 3.71. The average Bonchev–Trinajstić information content (AvgIpc) is 1.87. The van der Waals surface area contributed by atoms with Crippen LogP contribution in [-0.4, -0.2) is 18.4 Å². The minimum absolute atomic E-state index is 0.0197. The van der Waals surface area contributed by atoms with Crippen LogP contribution in [0.4, 0.5) is 0 Å². The highest BCUT2D eigenvalue weighted by molar-refractivity contribution is 5.77. The number of hydrogen-bond donors (Lipinski definition) is 2. The van der Waals surface area contributed by atoms with Crippen molar-refractivity contribution in [3.8, 4) is 0 Å². The van der Waals surface area contributed by atoms with E-state index in [1.54, 1.807) is 0 Å². The molecular weight excluding hydrogens is 144 g/mol. The highest BCUT2D eigenvalue weighted by atomic mass is 16.2. The Morgan fingerprint density at radius 3 is 2.45 bits per heavy atom. The van der Waals surface area contributed by atoms with E-state index < -0.39 is 0 Å².